The van der Waals surface area contributed by atoms with Crippen molar-refractivity contribution >= 4 is 28.4 Å². The van der Waals surface area contributed by atoms with Crippen LogP contribution in [0, 0.1) is 5.82 Å². The van der Waals surface area contributed by atoms with Gasteiger partial charge in [-0.05, 0) is 42.3 Å². The zero-order chi connectivity index (χ0) is 27.6. The summed E-state index contributed by atoms with van der Waals surface area (Å²) < 4.78 is 22.4. The lowest BCUT2D eigenvalue weighted by Gasteiger charge is -2.12. The average molecular weight is 538 g/mol. The monoisotopic (exact) mass is 537 g/mol. The fourth-order valence-corrected chi connectivity index (χ4v) is 4.12. The molecule has 6 aromatic rings. The minimum atomic E-state index is -0.654. The van der Waals surface area contributed by atoms with E-state index in [2.05, 4.69) is 41.1 Å². The molecule has 0 unspecified atom stereocenters. The molecule has 4 N–H and O–H groups in total. The molecule has 0 fully saturated rings. The first-order chi connectivity index (χ1) is 19.4. The van der Waals surface area contributed by atoms with Gasteiger partial charge in [0.25, 0.3) is 0 Å². The molecule has 0 saturated carbocycles. The van der Waals surface area contributed by atoms with Gasteiger partial charge in [0.05, 0.1) is 40.7 Å². The van der Waals surface area contributed by atoms with Crippen LogP contribution < -0.4 is 15.4 Å². The van der Waals surface area contributed by atoms with Crippen LogP contribution in [-0.2, 0) is 0 Å². The maximum absolute atomic E-state index is 15.0. The molecule has 0 saturated heterocycles. The minimum absolute atomic E-state index is 0.00590. The number of halogens is 1. The van der Waals surface area contributed by atoms with Crippen LogP contribution in [0.1, 0.15) is 25.5 Å². The van der Waals surface area contributed by atoms with Crippen LogP contribution >= 0.6 is 0 Å². The van der Waals surface area contributed by atoms with E-state index in [-0.39, 0.29) is 17.4 Å². The standard InChI is InChI=1S/C28H24FN9O2/c1-16(2)25-12-27(38(37-25)19-3-5-23-17(9-19)13-33-36-23)35-28(39)34-24-6-4-20(10-22(24)29)40-21-7-8-30-26(11-21)18-14-31-32-15-18/h3-16H,1-2H3,(H,31,32)(H,33,36)(H2,34,35,39). The van der Waals surface area contributed by atoms with Crippen molar-refractivity contribution in [2.24, 2.45) is 0 Å². The van der Waals surface area contributed by atoms with E-state index in [4.69, 9.17) is 4.74 Å². The Bertz CT molecular complexity index is 1810. The maximum atomic E-state index is 15.0. The molecule has 0 atom stereocenters. The summed E-state index contributed by atoms with van der Waals surface area (Å²) in [7, 11) is 0. The fourth-order valence-electron chi connectivity index (χ4n) is 4.12. The summed E-state index contributed by atoms with van der Waals surface area (Å²) in [5, 5.41) is 24.5. The van der Waals surface area contributed by atoms with Crippen LogP contribution in [-0.4, -0.2) is 41.2 Å². The summed E-state index contributed by atoms with van der Waals surface area (Å²) in [4.78, 5) is 17.2. The SMILES string of the molecule is CC(C)c1cc(NC(=O)Nc2ccc(Oc3ccnc(-c4cn[nH]c4)c3)cc2F)n(-c2ccc3[nH]ncc3c2)n1. The largest absolute Gasteiger partial charge is 0.457 e. The number of aromatic nitrogens is 7. The van der Waals surface area contributed by atoms with Crippen LogP contribution in [0.2, 0.25) is 0 Å². The average Bonchev–Trinajstić information content (AvgIpc) is 3.71. The first-order valence-corrected chi connectivity index (χ1v) is 12.5. The number of amides is 2. The van der Waals surface area contributed by atoms with Gasteiger partial charge in [0.15, 0.2) is 0 Å². The molecular weight excluding hydrogens is 513 g/mol. The topological polar surface area (TPSA) is 138 Å². The number of nitrogens with one attached hydrogen (secondary N) is 4. The minimum Gasteiger partial charge on any atom is -0.457 e. The third kappa shape index (κ3) is 5.10. The summed E-state index contributed by atoms with van der Waals surface area (Å²) in [6.45, 7) is 4.03. The number of H-pyrrole nitrogens is 2. The Hall–Kier alpha value is -5.52. The van der Waals surface area contributed by atoms with Crippen molar-refractivity contribution < 1.29 is 13.9 Å². The van der Waals surface area contributed by atoms with Gasteiger partial charge in [0.2, 0.25) is 0 Å². The summed E-state index contributed by atoms with van der Waals surface area (Å²) >= 11 is 0. The molecule has 200 valence electrons. The second-order valence-electron chi connectivity index (χ2n) is 9.35. The highest BCUT2D eigenvalue weighted by Gasteiger charge is 2.16. The molecule has 0 spiro atoms. The molecule has 4 heterocycles. The zero-order valence-corrected chi connectivity index (χ0v) is 21.5. The zero-order valence-electron chi connectivity index (χ0n) is 21.5. The molecule has 2 amide bonds. The molecule has 2 aromatic carbocycles. The molecule has 11 nitrogen and oxygen atoms in total. The number of ether oxygens (including phenoxy) is 1. The Morgan fingerprint density at radius 2 is 1.88 bits per heavy atom. The number of carbonyl (C=O) groups is 1. The second kappa shape index (κ2) is 10.3. The molecule has 4 aromatic heterocycles. The van der Waals surface area contributed by atoms with E-state index in [1.165, 1.54) is 12.1 Å². The summed E-state index contributed by atoms with van der Waals surface area (Å²) in [5.41, 5.74) is 3.88. The van der Waals surface area contributed by atoms with E-state index < -0.39 is 11.8 Å². The Morgan fingerprint density at radius 3 is 2.67 bits per heavy atom. The molecule has 0 aliphatic rings. The van der Waals surface area contributed by atoms with Gasteiger partial charge in [-0.1, -0.05) is 13.8 Å². The molecule has 0 aliphatic carbocycles. The van der Waals surface area contributed by atoms with Crippen LogP contribution in [0.25, 0.3) is 27.8 Å². The van der Waals surface area contributed by atoms with Crippen molar-refractivity contribution in [3.05, 3.63) is 90.9 Å². The molecule has 0 radical (unpaired) electrons. The normalized spacial score (nSPS) is 11.2. The number of fused-ring (bicyclic) bond motifs is 1. The molecule has 6 rings (SSSR count). The Labute approximate surface area is 227 Å². The number of anilines is 2. The highest BCUT2D eigenvalue weighted by molar-refractivity contribution is 5.99. The lowest BCUT2D eigenvalue weighted by Crippen LogP contribution is -2.22. The molecule has 0 bridgehead atoms. The number of hydrogen-bond acceptors (Lipinski definition) is 6. The van der Waals surface area contributed by atoms with Crippen molar-refractivity contribution in [1.29, 1.82) is 0 Å². The number of carbonyl (C=O) groups excluding carboxylic acids is 1. The summed E-state index contributed by atoms with van der Waals surface area (Å²) in [5.74, 6) is 0.659. The molecule has 40 heavy (non-hydrogen) atoms. The van der Waals surface area contributed by atoms with E-state index in [0.717, 1.165) is 27.8 Å². The van der Waals surface area contributed by atoms with Crippen LogP contribution in [0.3, 0.4) is 0 Å². The lowest BCUT2D eigenvalue weighted by atomic mass is 10.1. The first-order valence-electron chi connectivity index (χ1n) is 12.5. The Balaban J connectivity index is 1.18. The predicted molar refractivity (Wildman–Crippen MR) is 148 cm³/mol. The van der Waals surface area contributed by atoms with Gasteiger partial charge in [-0.2, -0.15) is 15.3 Å². The third-order valence-corrected chi connectivity index (χ3v) is 6.18. The van der Waals surface area contributed by atoms with E-state index in [1.807, 2.05) is 32.0 Å². The summed E-state index contributed by atoms with van der Waals surface area (Å²) in [6, 6.07) is 14.5. The van der Waals surface area contributed by atoms with Crippen molar-refractivity contribution in [2.45, 2.75) is 19.8 Å². The molecule has 12 heteroatoms. The number of pyridine rings is 1. The van der Waals surface area contributed by atoms with Crippen molar-refractivity contribution in [3.63, 3.8) is 0 Å². The smallest absolute Gasteiger partial charge is 0.324 e. The predicted octanol–water partition coefficient (Wildman–Crippen LogP) is 6.23. The number of hydrogen-bond donors (Lipinski definition) is 4. The number of aromatic amines is 2. The quantitative estimate of drug-likeness (QED) is 0.190. The lowest BCUT2D eigenvalue weighted by molar-refractivity contribution is 0.262. The van der Waals surface area contributed by atoms with Crippen molar-refractivity contribution in [3.8, 4) is 28.4 Å². The highest BCUT2D eigenvalue weighted by Crippen LogP contribution is 2.29. The molecular formula is C28H24FN9O2. The summed E-state index contributed by atoms with van der Waals surface area (Å²) in [6.07, 6.45) is 6.67. The number of benzene rings is 2. The van der Waals surface area contributed by atoms with Crippen molar-refractivity contribution in [1.82, 2.24) is 35.2 Å². The maximum Gasteiger partial charge on any atom is 0.324 e. The van der Waals surface area contributed by atoms with Crippen molar-refractivity contribution in [2.75, 3.05) is 10.6 Å². The first kappa shape index (κ1) is 24.8. The molecule has 0 aliphatic heterocycles. The van der Waals surface area contributed by atoms with E-state index in [0.29, 0.717) is 17.3 Å². The Morgan fingerprint density at radius 1 is 1.00 bits per heavy atom. The van der Waals surface area contributed by atoms with Gasteiger partial charge in [-0.25, -0.2) is 13.9 Å². The highest BCUT2D eigenvalue weighted by atomic mass is 19.1. The number of rotatable bonds is 7. The van der Waals surface area contributed by atoms with E-state index in [9.17, 15) is 9.18 Å². The van der Waals surface area contributed by atoms with Gasteiger partial charge in [0.1, 0.15) is 23.1 Å². The van der Waals surface area contributed by atoms with E-state index >= 15 is 0 Å². The fraction of sp³-hybridized carbons (Fsp3) is 0.107. The van der Waals surface area contributed by atoms with Gasteiger partial charge < -0.3 is 10.1 Å². The van der Waals surface area contributed by atoms with Gasteiger partial charge in [-0.3, -0.25) is 20.5 Å². The van der Waals surface area contributed by atoms with Gasteiger partial charge in [-0.15, -0.1) is 0 Å². The van der Waals surface area contributed by atoms with E-state index in [1.54, 1.807) is 53.7 Å². The Kier molecular flexibility index (Phi) is 6.40. The number of nitrogens with zero attached hydrogens (tertiary/aromatic N) is 5. The van der Waals surface area contributed by atoms with Gasteiger partial charge in [0, 0.05) is 41.5 Å². The van der Waals surface area contributed by atoms with Gasteiger partial charge >= 0.3 is 6.03 Å². The number of urea groups is 1. The van der Waals surface area contributed by atoms with Crippen LogP contribution in [0.15, 0.2) is 79.4 Å². The second-order valence-corrected chi connectivity index (χ2v) is 9.35. The third-order valence-electron chi connectivity index (χ3n) is 6.18. The van der Waals surface area contributed by atoms with Crippen LogP contribution in [0.4, 0.5) is 20.7 Å². The van der Waals surface area contributed by atoms with Crippen LogP contribution in [0.5, 0.6) is 11.5 Å².